The summed E-state index contributed by atoms with van der Waals surface area (Å²) in [5, 5.41) is 7.03. The minimum Gasteiger partial charge on any atom is -0.314 e. The molecule has 2 N–H and O–H groups in total. The Balaban J connectivity index is 1.82. The van der Waals surface area contributed by atoms with Gasteiger partial charge in [0.2, 0.25) is 0 Å². The van der Waals surface area contributed by atoms with Crippen LogP contribution >= 0.6 is 11.8 Å². The molecule has 2 heterocycles. The van der Waals surface area contributed by atoms with E-state index in [9.17, 15) is 0 Å². The first-order chi connectivity index (χ1) is 5.47. The molecule has 2 aliphatic rings. The van der Waals surface area contributed by atoms with Crippen molar-refractivity contribution in [1.82, 2.24) is 10.6 Å². The fraction of sp³-hybridized carbons (Fsp3) is 1.00. The molecule has 0 spiro atoms. The summed E-state index contributed by atoms with van der Waals surface area (Å²) in [6.45, 7) is 3.49. The molecule has 2 unspecified atom stereocenters. The van der Waals surface area contributed by atoms with Crippen molar-refractivity contribution in [1.29, 1.82) is 0 Å². The van der Waals surface area contributed by atoms with Crippen LogP contribution in [0.1, 0.15) is 6.42 Å². The lowest BCUT2D eigenvalue weighted by Crippen LogP contribution is -2.51. The third-order valence-corrected chi connectivity index (χ3v) is 3.79. The van der Waals surface area contributed by atoms with Gasteiger partial charge in [-0.3, -0.25) is 0 Å². The van der Waals surface area contributed by atoms with E-state index in [1.807, 2.05) is 0 Å². The first-order valence-electron chi connectivity index (χ1n) is 4.48. The normalized spacial score (nSPS) is 39.3. The van der Waals surface area contributed by atoms with Gasteiger partial charge < -0.3 is 10.6 Å². The molecule has 3 heteroatoms. The molecule has 0 saturated carbocycles. The molecule has 2 rings (SSSR count). The highest BCUT2D eigenvalue weighted by Crippen LogP contribution is 2.26. The molecule has 0 aromatic carbocycles. The van der Waals surface area contributed by atoms with Crippen LogP contribution in [-0.4, -0.2) is 37.2 Å². The van der Waals surface area contributed by atoms with E-state index in [2.05, 4.69) is 22.4 Å². The minimum absolute atomic E-state index is 0.763. The topological polar surface area (TPSA) is 24.1 Å². The van der Waals surface area contributed by atoms with E-state index in [4.69, 9.17) is 0 Å². The Morgan fingerprint density at radius 1 is 1.27 bits per heavy atom. The average Bonchev–Trinajstić information content (AvgIpc) is 2.58. The number of hydrogen-bond acceptors (Lipinski definition) is 3. The van der Waals surface area contributed by atoms with E-state index in [0.717, 1.165) is 25.0 Å². The monoisotopic (exact) mass is 172 g/mol. The molecule has 11 heavy (non-hydrogen) atoms. The van der Waals surface area contributed by atoms with Crippen LogP contribution in [0.3, 0.4) is 0 Å². The van der Waals surface area contributed by atoms with Crippen molar-refractivity contribution >= 4 is 11.8 Å². The third-order valence-electron chi connectivity index (χ3n) is 2.61. The zero-order valence-electron chi connectivity index (χ0n) is 6.81. The molecule has 0 aromatic heterocycles. The van der Waals surface area contributed by atoms with Crippen molar-refractivity contribution < 1.29 is 0 Å². The van der Waals surface area contributed by atoms with Crippen molar-refractivity contribution in [3.8, 4) is 0 Å². The largest absolute Gasteiger partial charge is 0.314 e. The highest BCUT2D eigenvalue weighted by Gasteiger charge is 2.25. The number of hydrogen-bond donors (Lipinski definition) is 2. The molecule has 2 aliphatic heterocycles. The lowest BCUT2D eigenvalue weighted by Gasteiger charge is -2.28. The maximum absolute atomic E-state index is 3.59. The molecule has 2 nitrogen and oxygen atoms in total. The molecule has 0 radical (unpaired) electrons. The second kappa shape index (κ2) is 3.78. The summed E-state index contributed by atoms with van der Waals surface area (Å²) >= 11 is 2.11. The Morgan fingerprint density at radius 3 is 2.91 bits per heavy atom. The van der Waals surface area contributed by atoms with Crippen molar-refractivity contribution in [3.05, 3.63) is 0 Å². The van der Waals surface area contributed by atoms with Crippen LogP contribution in [0.25, 0.3) is 0 Å². The van der Waals surface area contributed by atoms with E-state index in [0.29, 0.717) is 0 Å². The quantitative estimate of drug-likeness (QED) is 0.595. The fourth-order valence-electron chi connectivity index (χ4n) is 1.88. The SMILES string of the molecule is C1CNC(C2CCSC2)CN1. The predicted molar refractivity (Wildman–Crippen MR) is 50.1 cm³/mol. The van der Waals surface area contributed by atoms with E-state index >= 15 is 0 Å². The van der Waals surface area contributed by atoms with Gasteiger partial charge in [0.15, 0.2) is 0 Å². The van der Waals surface area contributed by atoms with Gasteiger partial charge in [0.1, 0.15) is 0 Å². The van der Waals surface area contributed by atoms with Crippen LogP contribution in [0.5, 0.6) is 0 Å². The van der Waals surface area contributed by atoms with E-state index in [1.165, 1.54) is 24.5 Å². The number of piperazine rings is 1. The second-order valence-electron chi connectivity index (χ2n) is 3.39. The maximum atomic E-state index is 3.59. The summed E-state index contributed by atoms with van der Waals surface area (Å²) in [7, 11) is 0. The maximum Gasteiger partial charge on any atom is 0.0229 e. The summed E-state index contributed by atoms with van der Waals surface area (Å²) in [5.41, 5.74) is 0. The Hall–Kier alpha value is 0.270. The molecule has 2 fully saturated rings. The van der Waals surface area contributed by atoms with Gasteiger partial charge in [0.05, 0.1) is 0 Å². The molecule has 0 aromatic rings. The van der Waals surface area contributed by atoms with Crippen LogP contribution in [0.15, 0.2) is 0 Å². The summed E-state index contributed by atoms with van der Waals surface area (Å²) in [6.07, 6.45) is 1.42. The van der Waals surface area contributed by atoms with Gasteiger partial charge >= 0.3 is 0 Å². The zero-order chi connectivity index (χ0) is 7.52. The Labute approximate surface area is 72.5 Å². The summed E-state index contributed by atoms with van der Waals surface area (Å²) in [5.74, 6) is 3.69. The number of rotatable bonds is 1. The van der Waals surface area contributed by atoms with Crippen LogP contribution in [0.4, 0.5) is 0 Å². The van der Waals surface area contributed by atoms with E-state index < -0.39 is 0 Å². The van der Waals surface area contributed by atoms with Crippen LogP contribution in [-0.2, 0) is 0 Å². The molecule has 2 saturated heterocycles. The van der Waals surface area contributed by atoms with Gasteiger partial charge in [-0.15, -0.1) is 0 Å². The average molecular weight is 172 g/mol. The fourth-order valence-corrected chi connectivity index (χ4v) is 3.22. The van der Waals surface area contributed by atoms with Crippen LogP contribution in [0.2, 0.25) is 0 Å². The van der Waals surface area contributed by atoms with Crippen molar-refractivity contribution in [2.75, 3.05) is 31.1 Å². The molecular weight excluding hydrogens is 156 g/mol. The highest BCUT2D eigenvalue weighted by atomic mass is 32.2. The Morgan fingerprint density at radius 2 is 2.27 bits per heavy atom. The molecular formula is C8H16N2S. The van der Waals surface area contributed by atoms with Gasteiger partial charge in [-0.05, 0) is 23.8 Å². The van der Waals surface area contributed by atoms with Crippen LogP contribution in [0, 0.1) is 5.92 Å². The molecule has 0 amide bonds. The first-order valence-corrected chi connectivity index (χ1v) is 5.64. The van der Waals surface area contributed by atoms with Gasteiger partial charge in [-0.1, -0.05) is 0 Å². The number of nitrogens with one attached hydrogen (secondary N) is 2. The van der Waals surface area contributed by atoms with Crippen molar-refractivity contribution in [2.45, 2.75) is 12.5 Å². The standard InChI is InChI=1S/C8H16N2S/c1-4-11-6-7(1)8-5-9-2-3-10-8/h7-10H,1-6H2. The minimum atomic E-state index is 0.763. The van der Waals surface area contributed by atoms with Gasteiger partial charge in [-0.2, -0.15) is 11.8 Å². The summed E-state index contributed by atoms with van der Waals surface area (Å²) in [4.78, 5) is 0. The van der Waals surface area contributed by atoms with Crippen molar-refractivity contribution in [2.24, 2.45) is 5.92 Å². The molecule has 64 valence electrons. The highest BCUT2D eigenvalue weighted by molar-refractivity contribution is 7.99. The number of thioether (sulfide) groups is 1. The lowest BCUT2D eigenvalue weighted by atomic mass is 9.98. The van der Waals surface area contributed by atoms with Gasteiger partial charge in [0.25, 0.3) is 0 Å². The summed E-state index contributed by atoms with van der Waals surface area (Å²) in [6, 6.07) is 0.763. The molecule has 0 aliphatic carbocycles. The van der Waals surface area contributed by atoms with Gasteiger partial charge in [0, 0.05) is 25.7 Å². The molecule has 0 bridgehead atoms. The molecule has 2 atom stereocenters. The van der Waals surface area contributed by atoms with Gasteiger partial charge in [-0.25, -0.2) is 0 Å². The van der Waals surface area contributed by atoms with E-state index in [1.54, 1.807) is 0 Å². The lowest BCUT2D eigenvalue weighted by molar-refractivity contribution is 0.330. The first kappa shape index (κ1) is 7.90. The Bertz CT molecular complexity index is 117. The van der Waals surface area contributed by atoms with Crippen molar-refractivity contribution in [3.63, 3.8) is 0 Å². The third kappa shape index (κ3) is 1.89. The van der Waals surface area contributed by atoms with Crippen LogP contribution < -0.4 is 10.6 Å². The summed E-state index contributed by atoms with van der Waals surface area (Å²) < 4.78 is 0. The van der Waals surface area contributed by atoms with E-state index in [-0.39, 0.29) is 0 Å². The second-order valence-corrected chi connectivity index (χ2v) is 4.54. The smallest absolute Gasteiger partial charge is 0.0229 e. The predicted octanol–water partition coefficient (Wildman–Crippen LogP) is 0.301. The Kier molecular flexibility index (Phi) is 2.72. The zero-order valence-corrected chi connectivity index (χ0v) is 7.62.